The molecule has 2 rings (SSSR count). The van der Waals surface area contributed by atoms with Crippen LogP contribution >= 0.6 is 0 Å². The zero-order valence-electron chi connectivity index (χ0n) is 10.1. The Morgan fingerprint density at radius 3 is 2.60 bits per heavy atom. The number of aliphatic hydroxyl groups excluding tert-OH is 1. The van der Waals surface area contributed by atoms with Crippen molar-refractivity contribution >= 4 is 0 Å². The van der Waals surface area contributed by atoms with E-state index in [1.807, 2.05) is 0 Å². The molecule has 1 atom stereocenters. The van der Waals surface area contributed by atoms with Crippen LogP contribution in [0.2, 0.25) is 0 Å². The molecule has 0 radical (unpaired) electrons. The van der Waals surface area contributed by atoms with Crippen LogP contribution in [0.15, 0.2) is 24.5 Å². The van der Waals surface area contributed by atoms with Crippen LogP contribution < -0.4 is 0 Å². The van der Waals surface area contributed by atoms with Crippen LogP contribution in [-0.2, 0) is 6.54 Å². The van der Waals surface area contributed by atoms with Crippen LogP contribution in [-0.4, -0.2) is 14.7 Å². The Kier molecular flexibility index (Phi) is 3.74. The third kappa shape index (κ3) is 2.48. The fraction of sp³-hybridized carbons (Fsp3) is 0.154. The highest BCUT2D eigenvalue weighted by Crippen LogP contribution is 2.19. The van der Waals surface area contributed by atoms with E-state index >= 15 is 0 Å². The molecule has 1 N–H and O–H groups in total. The van der Waals surface area contributed by atoms with Gasteiger partial charge in [-0.3, -0.25) is 0 Å². The van der Waals surface area contributed by atoms with E-state index < -0.39 is 17.7 Å². The molecule has 0 aliphatic rings. The lowest BCUT2D eigenvalue weighted by atomic mass is 10.1. The molecule has 1 aromatic carbocycles. The van der Waals surface area contributed by atoms with E-state index in [1.165, 1.54) is 17.0 Å². The molecule has 1 aromatic heterocycles. The highest BCUT2D eigenvalue weighted by atomic mass is 19.2. The number of benzene rings is 1. The van der Waals surface area contributed by atoms with Crippen LogP contribution in [0, 0.1) is 34.3 Å². The van der Waals surface area contributed by atoms with Gasteiger partial charge in [-0.15, -0.1) is 0 Å². The maximum absolute atomic E-state index is 13.1. The second kappa shape index (κ2) is 5.47. The van der Waals surface area contributed by atoms with Gasteiger partial charge in [0.2, 0.25) is 0 Å². The van der Waals surface area contributed by atoms with E-state index in [0.29, 0.717) is 0 Å². The van der Waals surface area contributed by atoms with Gasteiger partial charge in [0, 0.05) is 0 Å². The van der Waals surface area contributed by atoms with Crippen molar-refractivity contribution in [2.75, 3.05) is 0 Å². The predicted octanol–water partition coefficient (Wildman–Crippen LogP) is 1.64. The molecule has 0 fully saturated rings. The number of halogens is 2. The van der Waals surface area contributed by atoms with Crippen molar-refractivity contribution in [2.24, 2.45) is 0 Å². The van der Waals surface area contributed by atoms with Gasteiger partial charge >= 0.3 is 0 Å². The summed E-state index contributed by atoms with van der Waals surface area (Å²) in [6.45, 7) is -0.0946. The standard InChI is InChI=1S/C13H8F2N4O/c14-9-2-1-8(3-10(9)15)13(20)6-19-7-18-11(4-16)12(19)5-17/h1-3,7,13,20H,6H2. The molecule has 0 saturated carbocycles. The van der Waals surface area contributed by atoms with Crippen LogP contribution in [0.25, 0.3) is 0 Å². The lowest BCUT2D eigenvalue weighted by molar-refractivity contribution is 0.155. The van der Waals surface area contributed by atoms with E-state index in [9.17, 15) is 13.9 Å². The topological polar surface area (TPSA) is 85.6 Å². The molecule has 0 amide bonds. The van der Waals surface area contributed by atoms with Gasteiger partial charge < -0.3 is 9.67 Å². The Morgan fingerprint density at radius 2 is 2.00 bits per heavy atom. The summed E-state index contributed by atoms with van der Waals surface area (Å²) in [4.78, 5) is 3.72. The largest absolute Gasteiger partial charge is 0.387 e. The molecular formula is C13H8F2N4O. The lowest BCUT2D eigenvalue weighted by Gasteiger charge is -2.12. The molecule has 0 saturated heterocycles. The Hall–Kier alpha value is -2.77. The number of imidazole rings is 1. The molecule has 5 nitrogen and oxygen atoms in total. The maximum atomic E-state index is 13.1. The summed E-state index contributed by atoms with van der Waals surface area (Å²) in [5.74, 6) is -2.07. The highest BCUT2D eigenvalue weighted by molar-refractivity contribution is 5.36. The molecule has 100 valence electrons. The number of aliphatic hydroxyl groups is 1. The van der Waals surface area contributed by atoms with Crippen molar-refractivity contribution in [1.29, 1.82) is 10.5 Å². The van der Waals surface area contributed by atoms with Crippen LogP contribution in [0.3, 0.4) is 0 Å². The van der Waals surface area contributed by atoms with Gasteiger partial charge in [-0.05, 0) is 17.7 Å². The van der Waals surface area contributed by atoms with Gasteiger partial charge in [0.15, 0.2) is 23.0 Å². The summed E-state index contributed by atoms with van der Waals surface area (Å²) in [5.41, 5.74) is 0.124. The summed E-state index contributed by atoms with van der Waals surface area (Å²) in [6.07, 6.45) is 0.0816. The second-order valence-corrected chi connectivity index (χ2v) is 4.01. The Morgan fingerprint density at radius 1 is 1.25 bits per heavy atom. The molecule has 0 spiro atoms. The lowest BCUT2D eigenvalue weighted by Crippen LogP contribution is -2.10. The third-order valence-corrected chi connectivity index (χ3v) is 2.75. The van der Waals surface area contributed by atoms with Crippen molar-refractivity contribution in [3.63, 3.8) is 0 Å². The fourth-order valence-electron chi connectivity index (χ4n) is 1.73. The summed E-state index contributed by atoms with van der Waals surface area (Å²) in [5, 5.41) is 27.6. The summed E-state index contributed by atoms with van der Waals surface area (Å²) in [7, 11) is 0. The van der Waals surface area contributed by atoms with E-state index in [0.717, 1.165) is 12.1 Å². The quantitative estimate of drug-likeness (QED) is 0.921. The highest BCUT2D eigenvalue weighted by Gasteiger charge is 2.16. The second-order valence-electron chi connectivity index (χ2n) is 4.01. The molecule has 0 aliphatic heterocycles. The number of hydrogen-bond acceptors (Lipinski definition) is 4. The average molecular weight is 274 g/mol. The van der Waals surface area contributed by atoms with Crippen LogP contribution in [0.5, 0.6) is 0 Å². The first-order chi connectivity index (χ1) is 9.56. The third-order valence-electron chi connectivity index (χ3n) is 2.75. The number of rotatable bonds is 3. The Balaban J connectivity index is 2.26. The molecule has 20 heavy (non-hydrogen) atoms. The molecule has 2 aromatic rings. The SMILES string of the molecule is N#Cc1ncn(CC(O)c2ccc(F)c(F)c2)c1C#N. The molecule has 1 unspecified atom stereocenters. The van der Waals surface area contributed by atoms with E-state index in [4.69, 9.17) is 10.5 Å². The molecule has 0 aliphatic carbocycles. The fourth-order valence-corrected chi connectivity index (χ4v) is 1.73. The van der Waals surface area contributed by atoms with Gasteiger partial charge in [0.25, 0.3) is 0 Å². The monoisotopic (exact) mass is 274 g/mol. The number of aromatic nitrogens is 2. The number of nitrogens with zero attached hydrogens (tertiary/aromatic N) is 4. The molecule has 7 heteroatoms. The summed E-state index contributed by atoms with van der Waals surface area (Å²) >= 11 is 0. The minimum Gasteiger partial charge on any atom is -0.387 e. The van der Waals surface area contributed by atoms with Crippen molar-refractivity contribution in [1.82, 2.24) is 9.55 Å². The predicted molar refractivity (Wildman–Crippen MR) is 63.0 cm³/mol. The first kappa shape index (κ1) is 13.7. The van der Waals surface area contributed by atoms with Gasteiger partial charge in [0.1, 0.15) is 12.1 Å². The van der Waals surface area contributed by atoms with Gasteiger partial charge in [-0.2, -0.15) is 10.5 Å². The van der Waals surface area contributed by atoms with E-state index in [-0.39, 0.29) is 23.5 Å². The van der Waals surface area contributed by atoms with E-state index in [2.05, 4.69) is 4.98 Å². The Labute approximate surface area is 112 Å². The Bertz CT molecular complexity index is 727. The first-order valence-electron chi connectivity index (χ1n) is 5.55. The first-order valence-corrected chi connectivity index (χ1v) is 5.55. The van der Waals surface area contributed by atoms with Gasteiger partial charge in [-0.1, -0.05) is 6.07 Å². The number of hydrogen-bond donors (Lipinski definition) is 1. The van der Waals surface area contributed by atoms with Crippen LogP contribution in [0.1, 0.15) is 23.1 Å². The minimum absolute atomic E-state index is 0.00846. The zero-order chi connectivity index (χ0) is 14.7. The minimum atomic E-state index is -1.15. The average Bonchev–Trinajstić information content (AvgIpc) is 2.83. The van der Waals surface area contributed by atoms with Gasteiger partial charge in [0.05, 0.1) is 19.0 Å². The van der Waals surface area contributed by atoms with Crippen molar-refractivity contribution in [3.8, 4) is 12.1 Å². The maximum Gasteiger partial charge on any atom is 0.176 e. The van der Waals surface area contributed by atoms with Crippen molar-refractivity contribution in [2.45, 2.75) is 12.6 Å². The summed E-state index contributed by atoms with van der Waals surface area (Å²) in [6, 6.07) is 6.60. The van der Waals surface area contributed by atoms with Crippen LogP contribution in [0.4, 0.5) is 8.78 Å². The smallest absolute Gasteiger partial charge is 0.176 e. The zero-order valence-corrected chi connectivity index (χ0v) is 10.1. The molecule has 0 bridgehead atoms. The van der Waals surface area contributed by atoms with Crippen molar-refractivity contribution < 1.29 is 13.9 Å². The van der Waals surface area contributed by atoms with Crippen molar-refractivity contribution in [3.05, 3.63) is 53.1 Å². The molecular weight excluding hydrogens is 266 g/mol. The normalized spacial score (nSPS) is 11.7. The van der Waals surface area contributed by atoms with Gasteiger partial charge in [-0.25, -0.2) is 13.8 Å². The summed E-state index contributed by atoms with van der Waals surface area (Å²) < 4.78 is 27.2. The van der Waals surface area contributed by atoms with E-state index in [1.54, 1.807) is 12.1 Å². The molecule has 1 heterocycles. The number of nitriles is 2.